The van der Waals surface area contributed by atoms with Crippen molar-refractivity contribution >= 4 is 5.91 Å². The van der Waals surface area contributed by atoms with E-state index in [1.165, 1.54) is 0 Å². The fourth-order valence-electron chi connectivity index (χ4n) is 1.26. The van der Waals surface area contributed by atoms with Crippen LogP contribution in [0.1, 0.15) is 18.4 Å². The molecule has 1 rings (SSSR count). The molecule has 0 bridgehead atoms. The van der Waals surface area contributed by atoms with Gasteiger partial charge in [-0.2, -0.15) is 0 Å². The molecule has 16 heavy (non-hydrogen) atoms. The van der Waals surface area contributed by atoms with Crippen LogP contribution >= 0.6 is 0 Å². The van der Waals surface area contributed by atoms with Crippen LogP contribution in [0, 0.1) is 0 Å². The van der Waals surface area contributed by atoms with Gasteiger partial charge >= 0.3 is 0 Å². The predicted octanol–water partition coefficient (Wildman–Crippen LogP) is 0.479. The van der Waals surface area contributed by atoms with Gasteiger partial charge in [-0.05, 0) is 12.5 Å². The molecule has 0 fully saturated rings. The van der Waals surface area contributed by atoms with Crippen molar-refractivity contribution in [2.24, 2.45) is 0 Å². The van der Waals surface area contributed by atoms with Crippen LogP contribution in [0.2, 0.25) is 0 Å². The lowest BCUT2D eigenvalue weighted by atomic mass is 10.2. The van der Waals surface area contributed by atoms with E-state index in [-0.39, 0.29) is 12.5 Å². The Morgan fingerprint density at radius 1 is 1.62 bits per heavy atom. The molecule has 0 aliphatic rings. The maximum atomic E-state index is 11.3. The second kappa shape index (κ2) is 6.79. The molecule has 5 heteroatoms. The second-order valence-electron chi connectivity index (χ2n) is 3.28. The van der Waals surface area contributed by atoms with Crippen molar-refractivity contribution in [3.05, 3.63) is 23.9 Å². The van der Waals surface area contributed by atoms with Crippen molar-refractivity contribution in [2.75, 3.05) is 13.7 Å². The summed E-state index contributed by atoms with van der Waals surface area (Å²) in [6.07, 6.45) is 2.45. The number of ether oxygens (including phenoxy) is 1. The van der Waals surface area contributed by atoms with E-state index in [2.05, 4.69) is 10.3 Å². The largest absolute Gasteiger partial charge is 0.481 e. The Morgan fingerprint density at radius 3 is 3.12 bits per heavy atom. The van der Waals surface area contributed by atoms with E-state index in [0.717, 1.165) is 5.56 Å². The lowest BCUT2D eigenvalue weighted by Gasteiger charge is -2.08. The van der Waals surface area contributed by atoms with E-state index in [1.54, 1.807) is 19.4 Å². The van der Waals surface area contributed by atoms with Gasteiger partial charge in [0.15, 0.2) is 0 Å². The Labute approximate surface area is 94.5 Å². The van der Waals surface area contributed by atoms with Gasteiger partial charge in [0.1, 0.15) is 0 Å². The summed E-state index contributed by atoms with van der Waals surface area (Å²) in [4.78, 5) is 15.3. The van der Waals surface area contributed by atoms with Gasteiger partial charge in [-0.25, -0.2) is 4.98 Å². The molecule has 0 aliphatic carbocycles. The topological polar surface area (TPSA) is 71.5 Å². The van der Waals surface area contributed by atoms with Gasteiger partial charge in [-0.15, -0.1) is 0 Å². The van der Waals surface area contributed by atoms with Gasteiger partial charge in [0, 0.05) is 31.3 Å². The second-order valence-corrected chi connectivity index (χ2v) is 3.28. The summed E-state index contributed by atoms with van der Waals surface area (Å²) in [6.45, 7) is 0.422. The molecule has 88 valence electrons. The summed E-state index contributed by atoms with van der Waals surface area (Å²) in [7, 11) is 1.54. The number of pyridine rings is 1. The Morgan fingerprint density at radius 2 is 2.44 bits per heavy atom. The molecule has 1 amide bonds. The van der Waals surface area contributed by atoms with Crippen LogP contribution in [0.3, 0.4) is 0 Å². The normalized spacial score (nSPS) is 9.88. The standard InChI is InChI=1S/C11H16N2O3/c1-16-11-9(4-2-6-12-11)8-13-10(15)5-3-7-14/h2,4,6,14H,3,5,7-8H2,1H3,(H,13,15). The van der Waals surface area contributed by atoms with Crippen LogP contribution in [0.4, 0.5) is 0 Å². The van der Waals surface area contributed by atoms with Crippen molar-refractivity contribution in [1.29, 1.82) is 0 Å². The first-order valence-electron chi connectivity index (χ1n) is 5.13. The maximum Gasteiger partial charge on any atom is 0.220 e. The third-order valence-electron chi connectivity index (χ3n) is 2.08. The minimum atomic E-state index is -0.0834. The van der Waals surface area contributed by atoms with E-state index >= 15 is 0 Å². The predicted molar refractivity (Wildman–Crippen MR) is 59.0 cm³/mol. The first kappa shape index (κ1) is 12.4. The molecule has 1 aromatic rings. The molecular weight excluding hydrogens is 208 g/mol. The maximum absolute atomic E-state index is 11.3. The summed E-state index contributed by atoms with van der Waals surface area (Å²) in [5.74, 6) is 0.435. The van der Waals surface area contributed by atoms with E-state index in [4.69, 9.17) is 9.84 Å². The summed E-state index contributed by atoms with van der Waals surface area (Å²) < 4.78 is 5.06. The van der Waals surface area contributed by atoms with E-state index in [1.807, 2.05) is 6.07 Å². The fraction of sp³-hybridized carbons (Fsp3) is 0.455. The van der Waals surface area contributed by atoms with Gasteiger partial charge < -0.3 is 15.2 Å². The number of carbonyl (C=O) groups excluding carboxylic acids is 1. The van der Waals surface area contributed by atoms with Crippen LogP contribution in [0.25, 0.3) is 0 Å². The average Bonchev–Trinajstić information content (AvgIpc) is 2.34. The minimum Gasteiger partial charge on any atom is -0.481 e. The highest BCUT2D eigenvalue weighted by Gasteiger charge is 2.05. The lowest BCUT2D eigenvalue weighted by Crippen LogP contribution is -2.23. The number of nitrogens with one attached hydrogen (secondary N) is 1. The fourth-order valence-corrected chi connectivity index (χ4v) is 1.26. The lowest BCUT2D eigenvalue weighted by molar-refractivity contribution is -0.121. The van der Waals surface area contributed by atoms with Gasteiger partial charge in [-0.3, -0.25) is 4.79 Å². The number of hydrogen-bond donors (Lipinski definition) is 2. The molecule has 0 aliphatic heterocycles. The number of rotatable bonds is 6. The first-order chi connectivity index (χ1) is 7.77. The SMILES string of the molecule is COc1ncccc1CNC(=O)CCCO. The summed E-state index contributed by atoms with van der Waals surface area (Å²) in [6, 6.07) is 3.63. The van der Waals surface area contributed by atoms with Crippen molar-refractivity contribution in [2.45, 2.75) is 19.4 Å². The van der Waals surface area contributed by atoms with Crippen LogP contribution in [0.15, 0.2) is 18.3 Å². The monoisotopic (exact) mass is 224 g/mol. The Bertz CT molecular complexity index is 342. The van der Waals surface area contributed by atoms with Gasteiger partial charge in [0.2, 0.25) is 11.8 Å². The molecule has 0 spiro atoms. The molecule has 1 aromatic heterocycles. The molecule has 0 radical (unpaired) electrons. The number of hydrogen-bond acceptors (Lipinski definition) is 4. The number of nitrogens with zero attached hydrogens (tertiary/aromatic N) is 1. The highest BCUT2D eigenvalue weighted by molar-refractivity contribution is 5.75. The molecule has 0 saturated heterocycles. The highest BCUT2D eigenvalue weighted by atomic mass is 16.5. The zero-order valence-corrected chi connectivity index (χ0v) is 9.27. The summed E-state index contributed by atoms with van der Waals surface area (Å²) >= 11 is 0. The van der Waals surface area contributed by atoms with Crippen molar-refractivity contribution < 1.29 is 14.6 Å². The van der Waals surface area contributed by atoms with Gasteiger partial charge in [0.05, 0.1) is 7.11 Å². The molecule has 2 N–H and O–H groups in total. The smallest absolute Gasteiger partial charge is 0.220 e. The number of amides is 1. The van der Waals surface area contributed by atoms with Crippen LogP contribution in [-0.2, 0) is 11.3 Å². The first-order valence-corrected chi connectivity index (χ1v) is 5.13. The Hall–Kier alpha value is -1.62. The molecule has 0 atom stereocenters. The molecule has 0 aromatic carbocycles. The molecule has 0 unspecified atom stereocenters. The molecule has 0 saturated carbocycles. The molecular formula is C11H16N2O3. The van der Waals surface area contributed by atoms with E-state index < -0.39 is 0 Å². The Balaban J connectivity index is 2.44. The number of aliphatic hydroxyl groups is 1. The molecule has 1 heterocycles. The van der Waals surface area contributed by atoms with Crippen molar-refractivity contribution in [3.8, 4) is 5.88 Å². The number of methoxy groups -OCH3 is 1. The van der Waals surface area contributed by atoms with Crippen molar-refractivity contribution in [1.82, 2.24) is 10.3 Å². The number of aromatic nitrogens is 1. The molecule has 5 nitrogen and oxygen atoms in total. The van der Waals surface area contributed by atoms with E-state index in [0.29, 0.717) is 25.3 Å². The summed E-state index contributed by atoms with van der Waals surface area (Å²) in [5.41, 5.74) is 0.836. The van der Waals surface area contributed by atoms with Crippen LogP contribution < -0.4 is 10.1 Å². The number of carbonyl (C=O) groups is 1. The average molecular weight is 224 g/mol. The van der Waals surface area contributed by atoms with E-state index in [9.17, 15) is 4.79 Å². The van der Waals surface area contributed by atoms with Crippen molar-refractivity contribution in [3.63, 3.8) is 0 Å². The van der Waals surface area contributed by atoms with Crippen LogP contribution in [-0.4, -0.2) is 29.7 Å². The Kier molecular flexibility index (Phi) is 5.28. The third kappa shape index (κ3) is 3.86. The zero-order valence-electron chi connectivity index (χ0n) is 9.27. The minimum absolute atomic E-state index is 0.0314. The van der Waals surface area contributed by atoms with Crippen LogP contribution in [0.5, 0.6) is 5.88 Å². The third-order valence-corrected chi connectivity index (χ3v) is 2.08. The quantitative estimate of drug-likeness (QED) is 0.737. The van der Waals surface area contributed by atoms with Gasteiger partial charge in [0.25, 0.3) is 0 Å². The zero-order chi connectivity index (χ0) is 11.8. The van der Waals surface area contributed by atoms with Gasteiger partial charge in [-0.1, -0.05) is 6.07 Å². The summed E-state index contributed by atoms with van der Waals surface area (Å²) in [5, 5.41) is 11.3. The number of aliphatic hydroxyl groups excluding tert-OH is 1. The highest BCUT2D eigenvalue weighted by Crippen LogP contribution is 2.12.